The Morgan fingerprint density at radius 3 is 2.25 bits per heavy atom. The molecule has 0 aromatic heterocycles. The fraction of sp³-hybridized carbons (Fsp3) is 0. The van der Waals surface area contributed by atoms with Gasteiger partial charge >= 0.3 is 0 Å². The molecule has 3 rings (SSSR count). The van der Waals surface area contributed by atoms with E-state index in [9.17, 15) is 4.39 Å². The topological polar surface area (TPSA) is 26.0 Å². The van der Waals surface area contributed by atoms with E-state index in [0.29, 0.717) is 11.1 Å². The summed E-state index contributed by atoms with van der Waals surface area (Å²) in [5, 5.41) is 3.60. The van der Waals surface area contributed by atoms with Crippen LogP contribution in [0.1, 0.15) is 0 Å². The van der Waals surface area contributed by atoms with Crippen LogP contribution in [0, 0.1) is 5.82 Å². The SMILES string of the molecule is Nc1cc(F)c2cc3ccccc3cc2c1. The summed E-state index contributed by atoms with van der Waals surface area (Å²) in [6, 6.07) is 14.9. The molecular formula is C14H10FN. The Labute approximate surface area is 92.3 Å². The third-order valence-corrected chi connectivity index (χ3v) is 2.79. The van der Waals surface area contributed by atoms with E-state index >= 15 is 0 Å². The summed E-state index contributed by atoms with van der Waals surface area (Å²) in [5.41, 5.74) is 6.09. The van der Waals surface area contributed by atoms with Gasteiger partial charge in [0, 0.05) is 11.1 Å². The Morgan fingerprint density at radius 1 is 0.812 bits per heavy atom. The molecule has 0 spiro atoms. The van der Waals surface area contributed by atoms with Crippen LogP contribution in [0.15, 0.2) is 48.5 Å². The van der Waals surface area contributed by atoms with Gasteiger partial charge in [-0.15, -0.1) is 0 Å². The minimum absolute atomic E-state index is 0.263. The average Bonchev–Trinajstić information content (AvgIpc) is 2.27. The zero-order valence-corrected chi connectivity index (χ0v) is 8.57. The van der Waals surface area contributed by atoms with Gasteiger partial charge in [0.05, 0.1) is 0 Å². The third-order valence-electron chi connectivity index (χ3n) is 2.79. The molecule has 0 saturated heterocycles. The normalized spacial score (nSPS) is 11.1. The van der Waals surface area contributed by atoms with Crippen LogP contribution in [-0.4, -0.2) is 0 Å². The summed E-state index contributed by atoms with van der Waals surface area (Å²) >= 11 is 0. The predicted molar refractivity (Wildman–Crippen MR) is 65.8 cm³/mol. The van der Waals surface area contributed by atoms with Crippen molar-refractivity contribution in [2.24, 2.45) is 0 Å². The van der Waals surface area contributed by atoms with Gasteiger partial charge in [0.2, 0.25) is 0 Å². The van der Waals surface area contributed by atoms with E-state index in [1.807, 2.05) is 36.4 Å². The van der Waals surface area contributed by atoms with Crippen molar-refractivity contribution < 1.29 is 4.39 Å². The van der Waals surface area contributed by atoms with Crippen molar-refractivity contribution in [3.63, 3.8) is 0 Å². The summed E-state index contributed by atoms with van der Waals surface area (Å²) in [7, 11) is 0. The summed E-state index contributed by atoms with van der Waals surface area (Å²) in [4.78, 5) is 0. The minimum atomic E-state index is -0.263. The first-order chi connectivity index (χ1) is 7.74. The molecule has 0 unspecified atom stereocenters. The van der Waals surface area contributed by atoms with E-state index in [1.165, 1.54) is 6.07 Å². The Balaban J connectivity index is 2.51. The van der Waals surface area contributed by atoms with Gasteiger partial charge in [-0.25, -0.2) is 4.39 Å². The molecule has 0 aliphatic carbocycles. The first kappa shape index (κ1) is 9.16. The van der Waals surface area contributed by atoms with Gasteiger partial charge in [-0.3, -0.25) is 0 Å². The van der Waals surface area contributed by atoms with Crippen molar-refractivity contribution in [1.82, 2.24) is 0 Å². The summed E-state index contributed by atoms with van der Waals surface area (Å²) in [6.07, 6.45) is 0. The highest BCUT2D eigenvalue weighted by Crippen LogP contribution is 2.26. The second-order valence-corrected chi connectivity index (χ2v) is 3.92. The monoisotopic (exact) mass is 211 g/mol. The van der Waals surface area contributed by atoms with Gasteiger partial charge in [-0.1, -0.05) is 24.3 Å². The lowest BCUT2D eigenvalue weighted by Gasteiger charge is -2.04. The van der Waals surface area contributed by atoms with Gasteiger partial charge < -0.3 is 5.73 Å². The van der Waals surface area contributed by atoms with E-state index in [1.54, 1.807) is 6.07 Å². The largest absolute Gasteiger partial charge is 0.399 e. The number of nitrogen functional groups attached to an aromatic ring is 1. The number of rotatable bonds is 0. The molecule has 0 fully saturated rings. The Bertz CT molecular complexity index is 689. The van der Waals surface area contributed by atoms with Crippen LogP contribution in [0.3, 0.4) is 0 Å². The Hall–Kier alpha value is -2.09. The zero-order chi connectivity index (χ0) is 11.1. The number of fused-ring (bicyclic) bond motifs is 2. The number of hydrogen-bond donors (Lipinski definition) is 1. The molecule has 1 nitrogen and oxygen atoms in total. The first-order valence-electron chi connectivity index (χ1n) is 5.11. The molecular weight excluding hydrogens is 201 g/mol. The average molecular weight is 211 g/mol. The lowest BCUT2D eigenvalue weighted by Crippen LogP contribution is -1.88. The molecule has 16 heavy (non-hydrogen) atoms. The number of nitrogens with two attached hydrogens (primary N) is 1. The smallest absolute Gasteiger partial charge is 0.133 e. The van der Waals surface area contributed by atoms with E-state index < -0.39 is 0 Å². The second-order valence-electron chi connectivity index (χ2n) is 3.92. The molecule has 2 heteroatoms. The quantitative estimate of drug-likeness (QED) is 0.445. The maximum Gasteiger partial charge on any atom is 0.133 e. The van der Waals surface area contributed by atoms with Crippen LogP contribution in [0.25, 0.3) is 21.5 Å². The minimum Gasteiger partial charge on any atom is -0.399 e. The highest BCUT2D eigenvalue weighted by atomic mass is 19.1. The Kier molecular flexibility index (Phi) is 1.83. The lowest BCUT2D eigenvalue weighted by atomic mass is 10.0. The van der Waals surface area contributed by atoms with Crippen LogP contribution in [0.5, 0.6) is 0 Å². The molecule has 0 radical (unpaired) electrons. The maximum absolute atomic E-state index is 13.7. The highest BCUT2D eigenvalue weighted by molar-refractivity contribution is 5.99. The molecule has 2 N–H and O–H groups in total. The predicted octanol–water partition coefficient (Wildman–Crippen LogP) is 3.71. The van der Waals surface area contributed by atoms with E-state index in [2.05, 4.69) is 0 Å². The number of anilines is 1. The van der Waals surface area contributed by atoms with Gasteiger partial charge in [-0.2, -0.15) is 0 Å². The molecule has 0 heterocycles. The standard InChI is InChI=1S/C14H10FN/c15-14-8-12(16)6-11-5-9-3-1-2-4-10(9)7-13(11)14/h1-8H,16H2. The maximum atomic E-state index is 13.7. The van der Waals surface area contributed by atoms with Crippen molar-refractivity contribution in [1.29, 1.82) is 0 Å². The van der Waals surface area contributed by atoms with Gasteiger partial charge in [0.15, 0.2) is 0 Å². The Morgan fingerprint density at radius 2 is 1.50 bits per heavy atom. The number of benzene rings is 3. The summed E-state index contributed by atoms with van der Waals surface area (Å²) in [6.45, 7) is 0. The summed E-state index contributed by atoms with van der Waals surface area (Å²) in [5.74, 6) is -0.263. The molecule has 0 amide bonds. The second kappa shape index (κ2) is 3.20. The van der Waals surface area contributed by atoms with E-state index in [0.717, 1.165) is 16.2 Å². The molecule has 0 bridgehead atoms. The fourth-order valence-electron chi connectivity index (χ4n) is 2.03. The van der Waals surface area contributed by atoms with Gasteiger partial charge in [0.25, 0.3) is 0 Å². The lowest BCUT2D eigenvalue weighted by molar-refractivity contribution is 0.640. The van der Waals surface area contributed by atoms with Crippen molar-refractivity contribution in [2.45, 2.75) is 0 Å². The first-order valence-corrected chi connectivity index (χ1v) is 5.11. The van der Waals surface area contributed by atoms with Crippen molar-refractivity contribution >= 4 is 27.2 Å². The molecule has 0 aliphatic heterocycles. The molecule has 0 aliphatic rings. The van der Waals surface area contributed by atoms with E-state index in [4.69, 9.17) is 5.73 Å². The zero-order valence-electron chi connectivity index (χ0n) is 8.57. The highest BCUT2D eigenvalue weighted by Gasteiger charge is 2.03. The van der Waals surface area contributed by atoms with Crippen LogP contribution >= 0.6 is 0 Å². The molecule has 0 atom stereocenters. The van der Waals surface area contributed by atoms with Crippen molar-refractivity contribution in [3.05, 3.63) is 54.3 Å². The molecule has 3 aromatic rings. The third kappa shape index (κ3) is 1.31. The molecule has 0 saturated carbocycles. The van der Waals surface area contributed by atoms with Gasteiger partial charge in [-0.05, 0) is 40.4 Å². The number of halogens is 1. The van der Waals surface area contributed by atoms with Crippen LogP contribution in [0.2, 0.25) is 0 Å². The summed E-state index contributed by atoms with van der Waals surface area (Å²) < 4.78 is 13.7. The number of hydrogen-bond acceptors (Lipinski definition) is 1. The van der Waals surface area contributed by atoms with Crippen LogP contribution < -0.4 is 5.73 Å². The fourth-order valence-corrected chi connectivity index (χ4v) is 2.03. The van der Waals surface area contributed by atoms with Crippen molar-refractivity contribution in [2.75, 3.05) is 5.73 Å². The molecule has 3 aromatic carbocycles. The van der Waals surface area contributed by atoms with Gasteiger partial charge in [0.1, 0.15) is 5.82 Å². The van der Waals surface area contributed by atoms with Crippen LogP contribution in [-0.2, 0) is 0 Å². The molecule has 78 valence electrons. The van der Waals surface area contributed by atoms with Crippen LogP contribution in [0.4, 0.5) is 10.1 Å². The van der Waals surface area contributed by atoms with E-state index in [-0.39, 0.29) is 5.82 Å². The van der Waals surface area contributed by atoms with Crippen molar-refractivity contribution in [3.8, 4) is 0 Å².